The van der Waals surface area contributed by atoms with Gasteiger partial charge >= 0.3 is 23.5 Å². The maximum Gasteiger partial charge on any atom is 0.481 e. The van der Waals surface area contributed by atoms with E-state index in [-0.39, 0.29) is 35.9 Å². The van der Waals surface area contributed by atoms with E-state index in [4.69, 9.17) is 19.5 Å². The number of carbonyl (C=O) groups excluding carboxylic acids is 2. The number of unbranched alkanes of at least 4 members (excludes halogenated alkanes) is 4. The summed E-state index contributed by atoms with van der Waals surface area (Å²) >= 11 is 1.78. The molecule has 80 heavy (non-hydrogen) atoms. The third-order valence-corrected chi connectivity index (χ3v) is 19.2. The molecule has 0 radical (unpaired) electrons. The Morgan fingerprint density at radius 1 is 0.738 bits per heavy atom. The summed E-state index contributed by atoms with van der Waals surface area (Å²) in [6, 6.07) is 0. The molecule has 2 unspecified atom stereocenters. The van der Waals surface area contributed by atoms with E-state index in [2.05, 4.69) is 76.0 Å². The molecule has 464 valence electrons. The van der Waals surface area contributed by atoms with Crippen LogP contribution in [0.4, 0.5) is 5.82 Å². The largest absolute Gasteiger partial charge is 0.481 e. The zero-order chi connectivity index (χ0) is 59.5. The van der Waals surface area contributed by atoms with Gasteiger partial charge in [0.1, 0.15) is 36.3 Å². The Morgan fingerprint density at radius 2 is 1.26 bits per heavy atom. The van der Waals surface area contributed by atoms with Crippen LogP contribution in [0.25, 0.3) is 11.2 Å². The number of imidazole rings is 1. The highest BCUT2D eigenvalue weighted by molar-refractivity contribution is 7.99. The molecule has 2 aromatic rings. The number of phosphoric ester groups is 3. The number of hydrogen-bond donors (Lipinski definition) is 9. The summed E-state index contributed by atoms with van der Waals surface area (Å²) < 4.78 is 62.8. The van der Waals surface area contributed by atoms with Crippen molar-refractivity contribution in [2.24, 2.45) is 35.0 Å². The highest BCUT2D eigenvalue weighted by Gasteiger charge is 2.50. The Bertz CT molecular complexity index is 2250. The van der Waals surface area contributed by atoms with E-state index >= 15 is 0 Å². The van der Waals surface area contributed by atoms with Crippen molar-refractivity contribution in [2.45, 2.75) is 221 Å². The number of carbonyl (C=O) groups is 2. The van der Waals surface area contributed by atoms with Gasteiger partial charge in [-0.15, -0.1) is 0 Å². The maximum absolute atomic E-state index is 12.8. The molecule has 27 heteroatoms. The molecule has 1 saturated heterocycles. The molecule has 2 aromatic heterocycles. The van der Waals surface area contributed by atoms with Gasteiger partial charge in [0.15, 0.2) is 17.7 Å². The lowest BCUT2D eigenvalue weighted by molar-refractivity contribution is -0.137. The minimum Gasteiger partial charge on any atom is -0.386 e. The van der Waals surface area contributed by atoms with Gasteiger partial charge in [-0.1, -0.05) is 171 Å². The number of anilines is 1. The number of rotatable bonds is 45. The van der Waals surface area contributed by atoms with Gasteiger partial charge in [0.2, 0.25) is 11.8 Å². The Hall–Kier alpha value is -2.11. The topological polar surface area (TPSA) is 347 Å². The van der Waals surface area contributed by atoms with E-state index in [1.807, 2.05) is 0 Å². The fourth-order valence-corrected chi connectivity index (χ4v) is 13.6. The van der Waals surface area contributed by atoms with Crippen molar-refractivity contribution >= 4 is 64.0 Å². The molecule has 1 fully saturated rings. The number of amides is 2. The average Bonchev–Trinajstić information content (AvgIpc) is 3.97. The van der Waals surface area contributed by atoms with E-state index in [1.165, 1.54) is 136 Å². The summed E-state index contributed by atoms with van der Waals surface area (Å²) in [7, 11) is -16.4. The van der Waals surface area contributed by atoms with E-state index in [9.17, 15) is 53.1 Å². The number of phosphoric acid groups is 3. The molecular weight excluding hydrogens is 1120 g/mol. The first kappa shape index (κ1) is 72.2. The van der Waals surface area contributed by atoms with Crippen LogP contribution < -0.4 is 16.4 Å². The molecular formula is C53H100N7O16P3S. The number of nitrogen functional groups attached to an aromatic ring is 1. The van der Waals surface area contributed by atoms with Crippen LogP contribution >= 0.6 is 35.2 Å². The maximum atomic E-state index is 12.8. The number of nitrogens with two attached hydrogens (primary N) is 1. The van der Waals surface area contributed by atoms with Gasteiger partial charge < -0.3 is 50.9 Å². The second-order valence-corrected chi connectivity index (χ2v) is 28.7. The van der Waals surface area contributed by atoms with Crippen molar-refractivity contribution in [1.82, 2.24) is 30.2 Å². The third-order valence-electron chi connectivity index (χ3n) is 15.0. The van der Waals surface area contributed by atoms with E-state index in [1.54, 1.807) is 11.8 Å². The van der Waals surface area contributed by atoms with Crippen LogP contribution in [0.3, 0.4) is 0 Å². The zero-order valence-electron chi connectivity index (χ0n) is 48.9. The summed E-state index contributed by atoms with van der Waals surface area (Å²) in [6.07, 6.45) is 20.1. The first-order valence-corrected chi connectivity index (χ1v) is 34.8. The number of thioether (sulfide) groups is 1. The Morgan fingerprint density at radius 3 is 1.81 bits per heavy atom. The third kappa shape index (κ3) is 28.6. The second kappa shape index (κ2) is 36.7. The molecule has 2 amide bonds. The molecule has 3 heterocycles. The molecule has 0 aliphatic carbocycles. The molecule has 23 nitrogen and oxygen atoms in total. The predicted octanol–water partition coefficient (Wildman–Crippen LogP) is 10.1. The van der Waals surface area contributed by atoms with Crippen molar-refractivity contribution in [2.75, 3.05) is 43.5 Å². The van der Waals surface area contributed by atoms with Crippen molar-refractivity contribution in [3.8, 4) is 0 Å². The fraction of sp³-hybridized carbons (Fsp3) is 0.868. The average molecular weight is 1220 g/mol. The first-order chi connectivity index (χ1) is 37.6. The number of fused-ring (bicyclic) bond motifs is 1. The van der Waals surface area contributed by atoms with Crippen molar-refractivity contribution in [1.29, 1.82) is 0 Å². The Labute approximate surface area is 480 Å². The minimum atomic E-state index is -5.56. The van der Waals surface area contributed by atoms with Crippen LogP contribution in [-0.4, -0.2) is 123 Å². The minimum absolute atomic E-state index is 0.0314. The van der Waals surface area contributed by atoms with Gasteiger partial charge in [-0.05, 0) is 48.2 Å². The van der Waals surface area contributed by atoms with Crippen LogP contribution in [0.1, 0.15) is 196 Å². The fourth-order valence-electron chi connectivity index (χ4n) is 9.92. The van der Waals surface area contributed by atoms with Crippen molar-refractivity contribution in [3.05, 3.63) is 12.7 Å². The van der Waals surface area contributed by atoms with Gasteiger partial charge in [-0.2, -0.15) is 16.1 Å². The van der Waals surface area contributed by atoms with Crippen molar-refractivity contribution in [3.63, 3.8) is 0 Å². The van der Waals surface area contributed by atoms with Crippen LogP contribution in [0.5, 0.6) is 0 Å². The predicted molar refractivity (Wildman–Crippen MR) is 311 cm³/mol. The first-order valence-electron chi connectivity index (χ1n) is 29.1. The lowest BCUT2D eigenvalue weighted by Crippen LogP contribution is -2.46. The quantitative estimate of drug-likeness (QED) is 0.0220. The van der Waals surface area contributed by atoms with Gasteiger partial charge in [0, 0.05) is 30.7 Å². The Balaban J connectivity index is 1.21. The summed E-state index contributed by atoms with van der Waals surface area (Å²) in [5.74, 6) is 4.53. The summed E-state index contributed by atoms with van der Waals surface area (Å²) in [5, 5.41) is 27.0. The number of aliphatic hydroxyl groups excluding tert-OH is 2. The molecule has 1 aliphatic heterocycles. The van der Waals surface area contributed by atoms with Crippen molar-refractivity contribution < 1.29 is 75.7 Å². The van der Waals surface area contributed by atoms with Crippen LogP contribution in [0.2, 0.25) is 0 Å². The molecule has 0 aromatic carbocycles. The molecule has 12 atom stereocenters. The molecule has 10 N–H and O–H groups in total. The normalized spacial score (nSPS) is 20.9. The molecule has 0 spiro atoms. The molecule has 3 rings (SSSR count). The number of hydrogen-bond acceptors (Lipinski definition) is 17. The number of aliphatic hydroxyl groups is 2. The number of ether oxygens (including phenoxy) is 1. The van der Waals surface area contributed by atoms with Gasteiger partial charge in [-0.3, -0.25) is 27.7 Å². The Kier molecular flexibility index (Phi) is 33.1. The van der Waals surface area contributed by atoms with E-state index in [0.717, 1.165) is 58.8 Å². The van der Waals surface area contributed by atoms with Gasteiger partial charge in [0.25, 0.3) is 0 Å². The van der Waals surface area contributed by atoms with E-state index in [0.29, 0.717) is 12.5 Å². The number of nitrogens with zero attached hydrogens (tertiary/aromatic N) is 4. The van der Waals surface area contributed by atoms with Crippen LogP contribution in [0, 0.1) is 35.0 Å². The summed E-state index contributed by atoms with van der Waals surface area (Å²) in [5.41, 5.74) is 4.36. The monoisotopic (exact) mass is 1220 g/mol. The highest BCUT2D eigenvalue weighted by atomic mass is 32.2. The second-order valence-electron chi connectivity index (χ2n) is 23.3. The van der Waals surface area contributed by atoms with Gasteiger partial charge in [0.05, 0.1) is 19.5 Å². The van der Waals surface area contributed by atoms with Crippen LogP contribution in [-0.2, 0) is 45.9 Å². The molecule has 1 aliphatic rings. The highest BCUT2D eigenvalue weighted by Crippen LogP contribution is 2.61. The molecule has 0 saturated carbocycles. The van der Waals surface area contributed by atoms with Crippen LogP contribution in [0.15, 0.2) is 12.7 Å². The lowest BCUT2D eigenvalue weighted by Gasteiger charge is -2.30. The zero-order valence-corrected chi connectivity index (χ0v) is 52.4. The lowest BCUT2D eigenvalue weighted by atomic mass is 9.87. The summed E-state index contributed by atoms with van der Waals surface area (Å²) in [6.45, 7) is 15.4. The smallest absolute Gasteiger partial charge is 0.386 e. The van der Waals surface area contributed by atoms with Gasteiger partial charge in [-0.25, -0.2) is 28.6 Å². The number of nitrogens with one attached hydrogen (secondary N) is 2. The molecule has 0 bridgehead atoms. The summed E-state index contributed by atoms with van der Waals surface area (Å²) in [4.78, 5) is 76.6. The SMILES string of the molecule is CCCCCCC[C@H](C)CCC[C@H](C)CCC[C@H](C)CCC[C@H](C)CCC[C@H](C)CCCSCCNC(=O)CCNC(=O)[C@H](O)C(C)(C)COP(=O)(O)OP(=O)(O)OC[C@H]1O[C@@H](n2cnc3c(N)ncnc32)[C@H](O)[C@@H]1OP(=O)(O)O. The standard InChI is InChI=1S/C53H100N7O16P3S/c1-9-10-11-12-13-19-38(2)20-14-21-39(3)22-15-23-40(4)24-16-25-41(5)26-17-27-42(6)28-18-32-80-33-31-55-44(61)29-30-56-51(64)48(63)53(7,8)35-73-79(70,71)76-78(68,69)72-34-43-47(75-77(65,66)67)46(62)52(74-43)60-37-59-45-49(54)57-36-58-50(45)60/h36-43,46-48,52,62-63H,9-35H2,1-8H3,(H,55,61)(H,56,64)(H,68,69)(H,70,71)(H2,54,57,58)(H2,65,66,67)/t38-,39-,40-,41-,42-,43+,46+,47+,48-,52+/m0/s1. The van der Waals surface area contributed by atoms with E-state index < -0.39 is 78.6 Å². The number of aromatic nitrogens is 4.